The molecule has 0 radical (unpaired) electrons. The molecule has 0 fully saturated rings. The van der Waals surface area contributed by atoms with E-state index < -0.39 is 5.97 Å². The van der Waals surface area contributed by atoms with E-state index in [-0.39, 0.29) is 5.75 Å². The molecule has 2 aromatic carbocycles. The molecule has 0 saturated heterocycles. The van der Waals surface area contributed by atoms with Gasteiger partial charge in [-0.2, -0.15) is 0 Å². The third kappa shape index (κ3) is 1.73. The number of phenols is 1. The summed E-state index contributed by atoms with van der Waals surface area (Å²) in [5.74, 6) is -0.674. The van der Waals surface area contributed by atoms with Crippen molar-refractivity contribution in [3.8, 4) is 5.75 Å². The monoisotopic (exact) mass is 230 g/mol. The van der Waals surface area contributed by atoms with Crippen molar-refractivity contribution in [3.05, 3.63) is 40.5 Å². The number of carboxylic acids is 1. The van der Waals surface area contributed by atoms with Crippen LogP contribution in [-0.4, -0.2) is 16.2 Å². The van der Waals surface area contributed by atoms with E-state index in [1.54, 1.807) is 32.9 Å². The van der Waals surface area contributed by atoms with Crippen molar-refractivity contribution in [1.82, 2.24) is 0 Å². The zero-order chi connectivity index (χ0) is 12.7. The molecule has 0 heterocycles. The third-order valence-electron chi connectivity index (χ3n) is 3.13. The van der Waals surface area contributed by atoms with Crippen LogP contribution in [0.5, 0.6) is 5.75 Å². The Morgan fingerprint density at radius 2 is 1.71 bits per heavy atom. The van der Waals surface area contributed by atoms with Gasteiger partial charge in [0.1, 0.15) is 5.75 Å². The predicted octanol–water partition coefficient (Wildman–Crippen LogP) is 3.17. The maximum Gasteiger partial charge on any atom is 0.336 e. The highest BCUT2D eigenvalue weighted by atomic mass is 16.4. The lowest BCUT2D eigenvalue weighted by atomic mass is 9.94. The number of benzene rings is 2. The Morgan fingerprint density at radius 1 is 1.06 bits per heavy atom. The Bertz CT molecular complexity index is 627. The van der Waals surface area contributed by atoms with E-state index in [0.717, 1.165) is 21.9 Å². The number of rotatable bonds is 1. The molecule has 0 spiro atoms. The molecular weight excluding hydrogens is 216 g/mol. The van der Waals surface area contributed by atoms with Crippen LogP contribution in [0.1, 0.15) is 27.0 Å². The topological polar surface area (TPSA) is 57.5 Å². The van der Waals surface area contributed by atoms with Crippen molar-refractivity contribution in [2.75, 3.05) is 0 Å². The summed E-state index contributed by atoms with van der Waals surface area (Å²) in [6.45, 7) is 5.37. The maximum absolute atomic E-state index is 11.2. The number of hydrogen-bond acceptors (Lipinski definition) is 2. The number of aromatic carboxylic acids is 1. The van der Waals surface area contributed by atoms with Gasteiger partial charge in [0.25, 0.3) is 0 Å². The largest absolute Gasteiger partial charge is 0.508 e. The second-order valence-electron chi connectivity index (χ2n) is 4.36. The molecule has 3 nitrogen and oxygen atoms in total. The van der Waals surface area contributed by atoms with Crippen molar-refractivity contribution >= 4 is 16.7 Å². The average Bonchev–Trinajstić information content (AvgIpc) is 2.21. The van der Waals surface area contributed by atoms with Gasteiger partial charge in [0.05, 0.1) is 5.56 Å². The van der Waals surface area contributed by atoms with Crippen LogP contribution in [0, 0.1) is 20.8 Å². The molecule has 88 valence electrons. The predicted molar refractivity (Wildman–Crippen MR) is 66.8 cm³/mol. The highest BCUT2D eigenvalue weighted by Gasteiger charge is 2.14. The van der Waals surface area contributed by atoms with Crippen LogP contribution in [0.2, 0.25) is 0 Å². The molecular formula is C14H14O3. The lowest BCUT2D eigenvalue weighted by molar-refractivity contribution is 0.0695. The summed E-state index contributed by atoms with van der Waals surface area (Å²) in [7, 11) is 0. The molecule has 0 aliphatic carbocycles. The first-order chi connectivity index (χ1) is 7.91. The molecule has 2 aromatic rings. The third-order valence-corrected chi connectivity index (χ3v) is 3.13. The SMILES string of the molecule is Cc1cc2c(C)c(C(=O)O)c(C)cc2cc1O. The van der Waals surface area contributed by atoms with Crippen molar-refractivity contribution in [2.24, 2.45) is 0 Å². The van der Waals surface area contributed by atoms with E-state index in [0.29, 0.717) is 11.1 Å². The second kappa shape index (κ2) is 3.77. The molecule has 0 amide bonds. The summed E-state index contributed by atoms with van der Waals surface area (Å²) in [5, 5.41) is 20.6. The van der Waals surface area contributed by atoms with Crippen LogP contribution in [0.3, 0.4) is 0 Å². The fourth-order valence-electron chi connectivity index (χ4n) is 2.22. The van der Waals surface area contributed by atoms with Crippen LogP contribution in [0.25, 0.3) is 10.8 Å². The summed E-state index contributed by atoms with van der Waals surface area (Å²) >= 11 is 0. The zero-order valence-electron chi connectivity index (χ0n) is 10.0. The Hall–Kier alpha value is -2.03. The Kier molecular flexibility index (Phi) is 2.54. The standard InChI is InChI=1S/C14H14O3/c1-7-5-11-9(3)13(14(16)17)8(2)4-10(11)6-12(7)15/h4-6,15H,1-3H3,(H,16,17). The molecule has 0 atom stereocenters. The zero-order valence-corrected chi connectivity index (χ0v) is 10.0. The number of carbonyl (C=O) groups is 1. The van der Waals surface area contributed by atoms with Gasteiger partial charge < -0.3 is 10.2 Å². The minimum absolute atomic E-state index is 0.236. The summed E-state index contributed by atoms with van der Waals surface area (Å²) in [6.07, 6.45) is 0. The van der Waals surface area contributed by atoms with Crippen molar-refractivity contribution < 1.29 is 15.0 Å². The van der Waals surface area contributed by atoms with Gasteiger partial charge in [-0.3, -0.25) is 0 Å². The number of aryl methyl sites for hydroxylation is 3. The van der Waals surface area contributed by atoms with Crippen molar-refractivity contribution in [3.63, 3.8) is 0 Å². The summed E-state index contributed by atoms with van der Waals surface area (Å²) in [5.41, 5.74) is 2.56. The summed E-state index contributed by atoms with van der Waals surface area (Å²) in [4.78, 5) is 11.2. The van der Waals surface area contributed by atoms with Gasteiger partial charge in [0.15, 0.2) is 0 Å². The van der Waals surface area contributed by atoms with Crippen LogP contribution in [-0.2, 0) is 0 Å². The first kappa shape index (κ1) is 11.5. The molecule has 2 N–H and O–H groups in total. The van der Waals surface area contributed by atoms with E-state index in [2.05, 4.69) is 0 Å². The van der Waals surface area contributed by atoms with Gasteiger partial charge in [-0.25, -0.2) is 4.79 Å². The molecule has 0 unspecified atom stereocenters. The smallest absolute Gasteiger partial charge is 0.336 e. The molecule has 3 heteroatoms. The molecule has 0 aromatic heterocycles. The van der Waals surface area contributed by atoms with Gasteiger partial charge in [-0.1, -0.05) is 6.07 Å². The maximum atomic E-state index is 11.2. The van der Waals surface area contributed by atoms with Crippen molar-refractivity contribution in [2.45, 2.75) is 20.8 Å². The second-order valence-corrected chi connectivity index (χ2v) is 4.36. The van der Waals surface area contributed by atoms with Crippen LogP contribution < -0.4 is 0 Å². The van der Waals surface area contributed by atoms with Crippen molar-refractivity contribution in [1.29, 1.82) is 0 Å². The van der Waals surface area contributed by atoms with E-state index >= 15 is 0 Å². The lowest BCUT2D eigenvalue weighted by Gasteiger charge is -2.11. The van der Waals surface area contributed by atoms with E-state index in [4.69, 9.17) is 0 Å². The fraction of sp³-hybridized carbons (Fsp3) is 0.214. The normalized spacial score (nSPS) is 10.8. The number of carboxylic acid groups (broad SMARTS) is 1. The highest BCUT2D eigenvalue weighted by Crippen LogP contribution is 2.30. The van der Waals surface area contributed by atoms with Gasteiger partial charge in [0, 0.05) is 0 Å². The number of phenolic OH excluding ortho intramolecular Hbond substituents is 1. The molecule has 2 rings (SSSR count). The van der Waals surface area contributed by atoms with Gasteiger partial charge in [-0.05, 0) is 60.4 Å². The summed E-state index contributed by atoms with van der Waals surface area (Å²) < 4.78 is 0. The van der Waals surface area contributed by atoms with E-state index in [1.165, 1.54) is 0 Å². The molecule has 0 aliphatic heterocycles. The average molecular weight is 230 g/mol. The van der Waals surface area contributed by atoms with Crippen LogP contribution in [0.15, 0.2) is 18.2 Å². The number of fused-ring (bicyclic) bond motifs is 1. The van der Waals surface area contributed by atoms with Gasteiger partial charge >= 0.3 is 5.97 Å². The van der Waals surface area contributed by atoms with Crippen LogP contribution in [0.4, 0.5) is 0 Å². The fourth-order valence-corrected chi connectivity index (χ4v) is 2.22. The first-order valence-electron chi connectivity index (χ1n) is 5.38. The Balaban J connectivity index is 2.92. The minimum Gasteiger partial charge on any atom is -0.508 e. The molecule has 0 bridgehead atoms. The lowest BCUT2D eigenvalue weighted by Crippen LogP contribution is -2.03. The van der Waals surface area contributed by atoms with Crippen LogP contribution >= 0.6 is 0 Å². The van der Waals surface area contributed by atoms with E-state index in [9.17, 15) is 15.0 Å². The molecule has 17 heavy (non-hydrogen) atoms. The number of hydrogen-bond donors (Lipinski definition) is 2. The van der Waals surface area contributed by atoms with Gasteiger partial charge in [0.2, 0.25) is 0 Å². The summed E-state index contributed by atoms with van der Waals surface area (Å²) in [6, 6.07) is 5.30. The first-order valence-corrected chi connectivity index (χ1v) is 5.38. The Labute approximate surface area is 99.3 Å². The Morgan fingerprint density at radius 3 is 2.29 bits per heavy atom. The number of aromatic hydroxyl groups is 1. The molecule has 0 saturated carbocycles. The quantitative estimate of drug-likeness (QED) is 0.791. The highest BCUT2D eigenvalue weighted by molar-refractivity contribution is 6.00. The molecule has 0 aliphatic rings. The van der Waals surface area contributed by atoms with Gasteiger partial charge in [-0.15, -0.1) is 0 Å². The minimum atomic E-state index is -0.910. The van der Waals surface area contributed by atoms with E-state index in [1.807, 2.05) is 6.07 Å².